The molecule has 1 N–H and O–H groups in total. The summed E-state index contributed by atoms with van der Waals surface area (Å²) in [4.78, 5) is 4.82. The summed E-state index contributed by atoms with van der Waals surface area (Å²) < 4.78 is 10.8. The van der Waals surface area contributed by atoms with Crippen molar-refractivity contribution in [2.24, 2.45) is 0 Å². The summed E-state index contributed by atoms with van der Waals surface area (Å²) in [5.74, 6) is 0. The Morgan fingerprint density at radius 3 is 2.23 bits per heavy atom. The fraction of sp³-hybridized carbons (Fsp3) is 0.700. The van der Waals surface area contributed by atoms with Gasteiger partial charge in [0.2, 0.25) is 0 Å². The van der Waals surface area contributed by atoms with E-state index in [-0.39, 0.29) is 6.10 Å². The molecule has 144 valence electrons. The van der Waals surface area contributed by atoms with Gasteiger partial charge >= 0.3 is 0 Å². The molecule has 3 atom stereocenters. The van der Waals surface area contributed by atoms with Crippen LogP contribution in [0.15, 0.2) is 24.3 Å². The molecule has 2 heterocycles. The highest BCUT2D eigenvalue weighted by atomic mass is 16.6. The van der Waals surface area contributed by atoms with Gasteiger partial charge < -0.3 is 14.6 Å². The van der Waals surface area contributed by atoms with Crippen molar-refractivity contribution in [3.05, 3.63) is 35.4 Å². The van der Waals surface area contributed by atoms with Crippen molar-refractivity contribution >= 4 is 7.85 Å². The van der Waals surface area contributed by atoms with Crippen LogP contribution in [0.2, 0.25) is 6.32 Å². The largest absolute Gasteiger partial charge is 0.392 e. The van der Waals surface area contributed by atoms with E-state index in [0.29, 0.717) is 18.8 Å². The second-order valence-electron chi connectivity index (χ2n) is 7.86. The van der Waals surface area contributed by atoms with Gasteiger partial charge in [0.05, 0.1) is 31.5 Å². The van der Waals surface area contributed by atoms with Crippen LogP contribution in [0, 0.1) is 0 Å². The maximum Gasteiger partial charge on any atom is 0.101 e. The molecule has 5 nitrogen and oxygen atoms in total. The third-order valence-electron chi connectivity index (χ3n) is 4.88. The van der Waals surface area contributed by atoms with Crippen molar-refractivity contribution in [2.45, 2.75) is 51.1 Å². The van der Waals surface area contributed by atoms with E-state index in [0.717, 1.165) is 45.9 Å². The Kier molecular flexibility index (Phi) is 7.52. The van der Waals surface area contributed by atoms with Crippen molar-refractivity contribution < 1.29 is 14.6 Å². The van der Waals surface area contributed by atoms with Crippen LogP contribution in [0.1, 0.15) is 24.5 Å². The molecule has 2 aliphatic heterocycles. The van der Waals surface area contributed by atoms with Crippen LogP contribution in [0.4, 0.5) is 0 Å². The van der Waals surface area contributed by atoms with Gasteiger partial charge in [-0.15, -0.1) is 0 Å². The zero-order valence-electron chi connectivity index (χ0n) is 16.3. The molecule has 2 saturated heterocycles. The molecule has 3 rings (SSSR count). The van der Waals surface area contributed by atoms with E-state index in [9.17, 15) is 5.11 Å². The average molecular weight is 360 g/mol. The van der Waals surface area contributed by atoms with Crippen molar-refractivity contribution in [1.29, 1.82) is 0 Å². The zero-order valence-corrected chi connectivity index (χ0v) is 16.3. The third-order valence-corrected chi connectivity index (χ3v) is 4.88. The number of epoxide rings is 2. The second-order valence-corrected chi connectivity index (χ2v) is 7.86. The van der Waals surface area contributed by atoms with Gasteiger partial charge in [0.25, 0.3) is 0 Å². The highest BCUT2D eigenvalue weighted by Crippen LogP contribution is 2.17. The number of aliphatic hydroxyl groups excluding tert-OH is 1. The molecule has 0 aromatic heterocycles. The summed E-state index contributed by atoms with van der Waals surface area (Å²) in [7, 11) is 2.24. The lowest BCUT2D eigenvalue weighted by Crippen LogP contribution is -2.33. The molecular weight excluding hydrogens is 327 g/mol. The molecule has 1 aromatic rings. The minimum atomic E-state index is -0.319. The van der Waals surface area contributed by atoms with Crippen molar-refractivity contribution in [2.75, 3.05) is 39.4 Å². The van der Waals surface area contributed by atoms with Gasteiger partial charge in [0, 0.05) is 32.7 Å². The molecule has 0 radical (unpaired) electrons. The molecule has 3 unspecified atom stereocenters. The molecule has 26 heavy (non-hydrogen) atoms. The predicted octanol–water partition coefficient (Wildman–Crippen LogP) is 0.911. The fourth-order valence-corrected chi connectivity index (χ4v) is 3.46. The maximum absolute atomic E-state index is 9.78. The highest BCUT2D eigenvalue weighted by Gasteiger charge is 2.26. The van der Waals surface area contributed by atoms with Crippen LogP contribution < -0.4 is 0 Å². The van der Waals surface area contributed by atoms with Gasteiger partial charge in [-0.1, -0.05) is 30.6 Å². The van der Waals surface area contributed by atoms with E-state index >= 15 is 0 Å². The molecule has 0 amide bonds. The van der Waals surface area contributed by atoms with Gasteiger partial charge in [-0.25, -0.2) is 0 Å². The van der Waals surface area contributed by atoms with Gasteiger partial charge in [-0.2, -0.15) is 0 Å². The van der Waals surface area contributed by atoms with Crippen LogP contribution in [-0.2, 0) is 22.6 Å². The Balaban J connectivity index is 1.57. The Morgan fingerprint density at radius 2 is 1.69 bits per heavy atom. The molecule has 2 aliphatic rings. The highest BCUT2D eigenvalue weighted by molar-refractivity contribution is 6.08. The summed E-state index contributed by atoms with van der Waals surface area (Å²) in [5.41, 5.74) is 2.67. The minimum Gasteiger partial charge on any atom is -0.392 e. The van der Waals surface area contributed by atoms with Crippen LogP contribution in [0.5, 0.6) is 0 Å². The van der Waals surface area contributed by atoms with Crippen molar-refractivity contribution in [1.82, 2.24) is 9.80 Å². The van der Waals surface area contributed by atoms with E-state index in [1.807, 2.05) is 6.92 Å². The fourth-order valence-electron chi connectivity index (χ4n) is 3.46. The minimum absolute atomic E-state index is 0.319. The number of rotatable bonds is 13. The molecule has 1 aromatic carbocycles. The van der Waals surface area contributed by atoms with Crippen LogP contribution in [0.3, 0.4) is 0 Å². The lowest BCUT2D eigenvalue weighted by molar-refractivity contribution is 0.117. The molecular formula is C20H33BN2O3. The summed E-state index contributed by atoms with van der Waals surface area (Å²) in [5, 5.41) is 9.78. The number of hydrogen-bond donors (Lipinski definition) is 1. The second kappa shape index (κ2) is 9.86. The summed E-state index contributed by atoms with van der Waals surface area (Å²) in [6.45, 7) is 9.22. The molecule has 0 bridgehead atoms. The monoisotopic (exact) mass is 360 g/mol. The van der Waals surface area contributed by atoms with Gasteiger partial charge in [0.15, 0.2) is 0 Å². The number of aliphatic hydroxyl groups is 1. The molecule has 0 spiro atoms. The van der Waals surface area contributed by atoms with Gasteiger partial charge in [-0.3, -0.25) is 9.80 Å². The quantitative estimate of drug-likeness (QED) is 0.419. The number of nitrogens with zero attached hydrogens (tertiary/aromatic N) is 2. The normalized spacial score (nSPS) is 22.8. The molecule has 0 saturated carbocycles. The molecule has 6 heteroatoms. The van der Waals surface area contributed by atoms with E-state index in [1.165, 1.54) is 23.9 Å². The molecule has 0 aliphatic carbocycles. The topological polar surface area (TPSA) is 51.8 Å². The Labute approximate surface area is 158 Å². The smallest absolute Gasteiger partial charge is 0.101 e. The Morgan fingerprint density at radius 1 is 1.12 bits per heavy atom. The lowest BCUT2D eigenvalue weighted by Gasteiger charge is -2.24. The summed E-state index contributed by atoms with van der Waals surface area (Å²) in [6, 6.07) is 8.88. The Bertz CT molecular complexity index is 546. The first-order valence-electron chi connectivity index (χ1n) is 10.1. The Hall–Kier alpha value is -0.915. The first kappa shape index (κ1) is 19.8. The van der Waals surface area contributed by atoms with Crippen molar-refractivity contribution in [3.63, 3.8) is 0 Å². The maximum atomic E-state index is 9.78. The average Bonchev–Trinajstić information content (AvgIpc) is 3.49. The van der Waals surface area contributed by atoms with E-state index in [1.54, 1.807) is 0 Å². The standard InChI is InChI=1S/C20H33BN2O3/c1-16(24)9-23(13-20-15-26-20)11-18-5-2-4-17(8-18)10-22(7-3-6-21)12-19-14-25-19/h2,4-5,8,16,19-20,24H,3,6-7,9-15,21H2,1H3. The predicted molar refractivity (Wildman–Crippen MR) is 106 cm³/mol. The number of hydrogen-bond acceptors (Lipinski definition) is 5. The summed E-state index contributed by atoms with van der Waals surface area (Å²) >= 11 is 0. The SMILES string of the molecule is BCCCN(Cc1cccc(CN(CC(C)O)CC2CO2)c1)CC1CO1. The van der Waals surface area contributed by atoms with Crippen LogP contribution in [-0.4, -0.2) is 80.5 Å². The lowest BCUT2D eigenvalue weighted by atomic mass is 10.0. The number of benzene rings is 1. The number of ether oxygens (including phenoxy) is 2. The van der Waals surface area contributed by atoms with Gasteiger partial charge in [-0.05, 0) is 31.0 Å². The zero-order chi connectivity index (χ0) is 18.4. The van der Waals surface area contributed by atoms with E-state index < -0.39 is 0 Å². The van der Waals surface area contributed by atoms with Crippen LogP contribution >= 0.6 is 0 Å². The first-order valence-corrected chi connectivity index (χ1v) is 10.1. The van der Waals surface area contributed by atoms with E-state index in [2.05, 4.69) is 41.9 Å². The van der Waals surface area contributed by atoms with Crippen LogP contribution in [0.25, 0.3) is 0 Å². The van der Waals surface area contributed by atoms with Crippen molar-refractivity contribution in [3.8, 4) is 0 Å². The van der Waals surface area contributed by atoms with E-state index in [4.69, 9.17) is 9.47 Å². The van der Waals surface area contributed by atoms with Gasteiger partial charge in [0.1, 0.15) is 7.85 Å². The molecule has 2 fully saturated rings. The first-order chi connectivity index (χ1) is 12.6. The third kappa shape index (κ3) is 7.37. The summed E-state index contributed by atoms with van der Waals surface area (Å²) in [6.07, 6.45) is 2.92.